The summed E-state index contributed by atoms with van der Waals surface area (Å²) in [6, 6.07) is 20.4. The van der Waals surface area contributed by atoms with Crippen LogP contribution in [0.15, 0.2) is 66.0 Å². The van der Waals surface area contributed by atoms with Gasteiger partial charge in [-0.3, -0.25) is 0 Å². The lowest BCUT2D eigenvalue weighted by molar-refractivity contribution is 0.894. The Labute approximate surface area is 127 Å². The summed E-state index contributed by atoms with van der Waals surface area (Å²) in [5.74, 6) is 0. The topological polar surface area (TPSA) is 26.0 Å². The zero-order chi connectivity index (χ0) is 13.9. The van der Waals surface area contributed by atoms with Crippen LogP contribution in [0.5, 0.6) is 0 Å². The lowest BCUT2D eigenvalue weighted by atomic mass is 10.0. The molecule has 3 heteroatoms. The van der Waals surface area contributed by atoms with Crippen LogP contribution < -0.4 is 5.73 Å². The van der Waals surface area contributed by atoms with Crippen molar-refractivity contribution in [2.45, 2.75) is 6.04 Å². The average molecular weight is 300 g/mol. The second-order valence-corrected chi connectivity index (χ2v) is 5.95. The molecule has 0 aliphatic heterocycles. The molecule has 1 nitrogen and oxygen atoms in total. The predicted octanol–water partition coefficient (Wildman–Crippen LogP) is 5.12. The molecule has 0 aliphatic carbocycles. The second kappa shape index (κ2) is 5.80. The average Bonchev–Trinajstić information content (AvgIpc) is 2.94. The van der Waals surface area contributed by atoms with Crippen LogP contribution in [0, 0.1) is 0 Å². The molecule has 100 valence electrons. The fourth-order valence-electron chi connectivity index (χ4n) is 2.19. The number of hydrogen-bond donors (Lipinski definition) is 1. The van der Waals surface area contributed by atoms with Gasteiger partial charge in [0.2, 0.25) is 0 Å². The molecule has 0 fully saturated rings. The number of thiophene rings is 1. The lowest BCUT2D eigenvalue weighted by Gasteiger charge is -2.12. The quantitative estimate of drug-likeness (QED) is 0.714. The molecule has 0 radical (unpaired) electrons. The van der Waals surface area contributed by atoms with E-state index in [1.807, 2.05) is 29.6 Å². The van der Waals surface area contributed by atoms with Gasteiger partial charge in [-0.2, -0.15) is 0 Å². The van der Waals surface area contributed by atoms with Gasteiger partial charge in [-0.15, -0.1) is 11.3 Å². The van der Waals surface area contributed by atoms with Crippen LogP contribution in [0.3, 0.4) is 0 Å². The zero-order valence-electron chi connectivity index (χ0n) is 10.8. The minimum Gasteiger partial charge on any atom is -0.320 e. The van der Waals surface area contributed by atoms with Gasteiger partial charge in [0.15, 0.2) is 0 Å². The van der Waals surface area contributed by atoms with Gasteiger partial charge in [-0.25, -0.2) is 0 Å². The molecular weight excluding hydrogens is 286 g/mol. The van der Waals surface area contributed by atoms with E-state index in [0.29, 0.717) is 0 Å². The van der Waals surface area contributed by atoms with E-state index in [-0.39, 0.29) is 6.04 Å². The fourth-order valence-corrected chi connectivity index (χ4v) is 3.40. The Kier molecular flexibility index (Phi) is 3.88. The Morgan fingerprint density at radius 1 is 0.850 bits per heavy atom. The fraction of sp³-hybridized carbons (Fsp3) is 0.0588. The normalized spacial score (nSPS) is 12.3. The Bertz CT molecular complexity index is 689. The number of benzene rings is 2. The highest BCUT2D eigenvalue weighted by Crippen LogP contribution is 2.32. The first kappa shape index (κ1) is 13.4. The molecule has 0 saturated carbocycles. The summed E-state index contributed by atoms with van der Waals surface area (Å²) in [6.07, 6.45) is 0. The minimum atomic E-state index is -0.160. The van der Waals surface area contributed by atoms with Gasteiger partial charge in [0.1, 0.15) is 0 Å². The van der Waals surface area contributed by atoms with Crippen molar-refractivity contribution in [3.05, 3.63) is 81.5 Å². The van der Waals surface area contributed by atoms with Crippen molar-refractivity contribution in [3.8, 4) is 11.1 Å². The van der Waals surface area contributed by atoms with Crippen LogP contribution in [-0.2, 0) is 0 Å². The van der Waals surface area contributed by atoms with Crippen LogP contribution >= 0.6 is 22.9 Å². The van der Waals surface area contributed by atoms with Crippen LogP contribution in [0.2, 0.25) is 5.02 Å². The molecule has 3 rings (SSSR count). The summed E-state index contributed by atoms with van der Waals surface area (Å²) in [7, 11) is 0. The van der Waals surface area contributed by atoms with E-state index < -0.39 is 0 Å². The maximum Gasteiger partial charge on any atom is 0.0661 e. The first-order valence-electron chi connectivity index (χ1n) is 6.39. The largest absolute Gasteiger partial charge is 0.320 e. The van der Waals surface area contributed by atoms with E-state index >= 15 is 0 Å². The molecule has 0 amide bonds. The predicted molar refractivity (Wildman–Crippen MR) is 87.2 cm³/mol. The second-order valence-electron chi connectivity index (χ2n) is 4.60. The Morgan fingerprint density at radius 3 is 2.10 bits per heavy atom. The zero-order valence-corrected chi connectivity index (χ0v) is 12.4. The molecule has 2 N–H and O–H groups in total. The van der Waals surface area contributed by atoms with Gasteiger partial charge in [0, 0.05) is 4.88 Å². The molecule has 2 aromatic carbocycles. The van der Waals surface area contributed by atoms with E-state index in [1.165, 1.54) is 11.1 Å². The first-order valence-corrected chi connectivity index (χ1v) is 7.65. The van der Waals surface area contributed by atoms with Gasteiger partial charge in [-0.1, -0.05) is 66.2 Å². The SMILES string of the molecule is NC(c1ccc(-c2ccccc2)cc1)c1sccc1Cl. The third kappa shape index (κ3) is 2.63. The molecular formula is C17H14ClNS. The summed E-state index contributed by atoms with van der Waals surface area (Å²) < 4.78 is 0. The number of halogens is 1. The maximum absolute atomic E-state index is 6.28. The summed E-state index contributed by atoms with van der Waals surface area (Å²) in [6.45, 7) is 0. The molecule has 1 atom stereocenters. The summed E-state index contributed by atoms with van der Waals surface area (Å²) in [5, 5.41) is 2.71. The highest BCUT2D eigenvalue weighted by atomic mass is 35.5. The van der Waals surface area contributed by atoms with Crippen LogP contribution in [0.25, 0.3) is 11.1 Å². The van der Waals surface area contributed by atoms with Crippen molar-refractivity contribution in [2.75, 3.05) is 0 Å². The Balaban J connectivity index is 1.89. The molecule has 0 bridgehead atoms. The molecule has 1 heterocycles. The number of nitrogens with two attached hydrogens (primary N) is 1. The van der Waals surface area contributed by atoms with Gasteiger partial charge >= 0.3 is 0 Å². The molecule has 1 unspecified atom stereocenters. The van der Waals surface area contributed by atoms with Crippen molar-refractivity contribution in [1.29, 1.82) is 0 Å². The monoisotopic (exact) mass is 299 g/mol. The summed E-state index contributed by atoms with van der Waals surface area (Å²) in [5.41, 5.74) is 9.76. The Hall–Kier alpha value is -1.61. The minimum absolute atomic E-state index is 0.160. The van der Waals surface area contributed by atoms with Gasteiger partial charge < -0.3 is 5.73 Å². The Morgan fingerprint density at radius 2 is 1.50 bits per heavy atom. The standard InChI is InChI=1S/C17H14ClNS/c18-15-10-11-20-17(15)16(19)14-8-6-13(7-9-14)12-4-2-1-3-5-12/h1-11,16H,19H2. The van der Waals surface area contributed by atoms with Crippen molar-refractivity contribution in [3.63, 3.8) is 0 Å². The molecule has 0 saturated heterocycles. The van der Waals surface area contributed by atoms with Crippen molar-refractivity contribution in [2.24, 2.45) is 5.73 Å². The van der Waals surface area contributed by atoms with E-state index in [9.17, 15) is 0 Å². The van der Waals surface area contributed by atoms with Crippen molar-refractivity contribution in [1.82, 2.24) is 0 Å². The molecule has 1 aromatic heterocycles. The highest BCUT2D eigenvalue weighted by molar-refractivity contribution is 7.10. The molecule has 0 aliphatic rings. The van der Waals surface area contributed by atoms with Gasteiger partial charge in [0.25, 0.3) is 0 Å². The van der Waals surface area contributed by atoms with E-state index in [2.05, 4.69) is 36.4 Å². The summed E-state index contributed by atoms with van der Waals surface area (Å²) in [4.78, 5) is 1.01. The number of hydrogen-bond acceptors (Lipinski definition) is 2. The third-order valence-electron chi connectivity index (χ3n) is 3.30. The smallest absolute Gasteiger partial charge is 0.0661 e. The maximum atomic E-state index is 6.28. The van der Waals surface area contributed by atoms with E-state index in [4.69, 9.17) is 17.3 Å². The lowest BCUT2D eigenvalue weighted by Crippen LogP contribution is -2.10. The highest BCUT2D eigenvalue weighted by Gasteiger charge is 2.13. The number of rotatable bonds is 3. The molecule has 20 heavy (non-hydrogen) atoms. The summed E-state index contributed by atoms with van der Waals surface area (Å²) >= 11 is 7.74. The van der Waals surface area contributed by atoms with Gasteiger partial charge in [-0.05, 0) is 28.1 Å². The first-order chi connectivity index (χ1) is 9.75. The van der Waals surface area contributed by atoms with Gasteiger partial charge in [0.05, 0.1) is 11.1 Å². The van der Waals surface area contributed by atoms with E-state index in [1.54, 1.807) is 11.3 Å². The molecule has 0 spiro atoms. The van der Waals surface area contributed by atoms with Crippen LogP contribution in [-0.4, -0.2) is 0 Å². The van der Waals surface area contributed by atoms with Crippen molar-refractivity contribution < 1.29 is 0 Å². The van der Waals surface area contributed by atoms with E-state index in [0.717, 1.165) is 15.5 Å². The third-order valence-corrected chi connectivity index (χ3v) is 4.75. The molecule has 3 aromatic rings. The van der Waals surface area contributed by atoms with Crippen LogP contribution in [0.4, 0.5) is 0 Å². The van der Waals surface area contributed by atoms with Crippen molar-refractivity contribution >= 4 is 22.9 Å². The van der Waals surface area contributed by atoms with Crippen LogP contribution in [0.1, 0.15) is 16.5 Å².